The Bertz CT molecular complexity index is 923. The first-order valence-electron chi connectivity index (χ1n) is 8.34. The fourth-order valence-electron chi connectivity index (χ4n) is 2.62. The van der Waals surface area contributed by atoms with Gasteiger partial charge < -0.3 is 10.6 Å². The second-order valence-electron chi connectivity index (χ2n) is 6.18. The highest BCUT2D eigenvalue weighted by Gasteiger charge is 2.08. The molecule has 4 nitrogen and oxygen atoms in total. The third-order valence-electron chi connectivity index (χ3n) is 4.02. The normalized spacial score (nSPS) is 10.4. The van der Waals surface area contributed by atoms with E-state index >= 15 is 0 Å². The van der Waals surface area contributed by atoms with Gasteiger partial charge in [-0.2, -0.15) is 0 Å². The molecule has 3 rings (SSSR count). The van der Waals surface area contributed by atoms with E-state index in [1.165, 1.54) is 17.7 Å². The summed E-state index contributed by atoms with van der Waals surface area (Å²) in [5.74, 6) is -0.578. The lowest BCUT2D eigenvalue weighted by Crippen LogP contribution is -2.23. The first-order chi connectivity index (χ1) is 12.5. The van der Waals surface area contributed by atoms with E-state index in [-0.39, 0.29) is 11.7 Å². The molecular weight excluding hydrogens is 329 g/mol. The fraction of sp³-hybridized carbons (Fsp3) is 0.143. The van der Waals surface area contributed by atoms with Gasteiger partial charge in [-0.05, 0) is 55.3 Å². The summed E-state index contributed by atoms with van der Waals surface area (Å²) < 4.78 is 12.9. The maximum atomic E-state index is 12.9. The van der Waals surface area contributed by atoms with Gasteiger partial charge in [-0.25, -0.2) is 4.39 Å². The number of amides is 1. The molecule has 0 atom stereocenters. The van der Waals surface area contributed by atoms with Crippen LogP contribution < -0.4 is 10.6 Å². The van der Waals surface area contributed by atoms with Crippen molar-refractivity contribution in [1.82, 2.24) is 10.3 Å². The summed E-state index contributed by atoms with van der Waals surface area (Å²) in [5, 5.41) is 6.11. The lowest BCUT2D eigenvalue weighted by Gasteiger charge is -2.11. The van der Waals surface area contributed by atoms with Crippen molar-refractivity contribution in [1.29, 1.82) is 0 Å². The number of carbonyl (C=O) groups excluding carboxylic acids is 1. The molecule has 1 aromatic heterocycles. The Morgan fingerprint density at radius 2 is 1.81 bits per heavy atom. The standard InChI is InChI=1S/C21H20FN3O/c1-14-3-8-19(15(2)11-14)25-18-9-10-23-20(12-18)21(26)24-13-16-4-6-17(22)7-5-16/h3-12H,13H2,1-2H3,(H,23,25)(H,24,26). The van der Waals surface area contributed by atoms with Crippen LogP contribution in [0.4, 0.5) is 15.8 Å². The Labute approximate surface area is 152 Å². The highest BCUT2D eigenvalue weighted by Crippen LogP contribution is 2.21. The third-order valence-corrected chi connectivity index (χ3v) is 4.02. The summed E-state index contributed by atoms with van der Waals surface area (Å²) in [5.41, 5.74) is 5.25. The predicted molar refractivity (Wildman–Crippen MR) is 101 cm³/mol. The summed E-state index contributed by atoms with van der Waals surface area (Å²) in [4.78, 5) is 16.5. The number of halogens is 1. The van der Waals surface area contributed by atoms with Gasteiger partial charge in [0.25, 0.3) is 5.91 Å². The van der Waals surface area contributed by atoms with Crippen molar-refractivity contribution in [3.63, 3.8) is 0 Å². The Kier molecular flexibility index (Phi) is 5.27. The van der Waals surface area contributed by atoms with Gasteiger partial charge in [0.2, 0.25) is 0 Å². The van der Waals surface area contributed by atoms with Crippen molar-refractivity contribution >= 4 is 17.3 Å². The SMILES string of the molecule is Cc1ccc(Nc2ccnc(C(=O)NCc3ccc(F)cc3)c2)c(C)c1. The average Bonchev–Trinajstić information content (AvgIpc) is 2.63. The molecule has 0 spiro atoms. The second kappa shape index (κ2) is 7.78. The summed E-state index contributed by atoms with van der Waals surface area (Å²) >= 11 is 0. The van der Waals surface area contributed by atoms with Crippen molar-refractivity contribution in [2.75, 3.05) is 5.32 Å². The zero-order chi connectivity index (χ0) is 18.5. The van der Waals surface area contributed by atoms with Crippen LogP contribution in [-0.4, -0.2) is 10.9 Å². The fourth-order valence-corrected chi connectivity index (χ4v) is 2.62. The molecule has 0 saturated heterocycles. The molecule has 0 saturated carbocycles. The highest BCUT2D eigenvalue weighted by molar-refractivity contribution is 5.93. The molecule has 1 heterocycles. The smallest absolute Gasteiger partial charge is 0.270 e. The van der Waals surface area contributed by atoms with Gasteiger partial charge in [0.15, 0.2) is 0 Å². The van der Waals surface area contributed by atoms with Crippen LogP contribution in [0.5, 0.6) is 0 Å². The molecule has 0 radical (unpaired) electrons. The predicted octanol–water partition coefficient (Wildman–Crippen LogP) is 4.51. The van der Waals surface area contributed by atoms with E-state index in [0.29, 0.717) is 12.2 Å². The van der Waals surface area contributed by atoms with Gasteiger partial charge in [0.1, 0.15) is 11.5 Å². The average molecular weight is 349 g/mol. The number of aryl methyl sites for hydroxylation is 2. The number of benzene rings is 2. The largest absolute Gasteiger partial charge is 0.355 e. The van der Waals surface area contributed by atoms with Crippen LogP contribution in [0, 0.1) is 19.7 Å². The number of hydrogen-bond acceptors (Lipinski definition) is 3. The molecule has 132 valence electrons. The number of aromatic nitrogens is 1. The molecule has 0 fully saturated rings. The zero-order valence-electron chi connectivity index (χ0n) is 14.7. The summed E-state index contributed by atoms with van der Waals surface area (Å²) in [6.45, 7) is 4.40. The maximum absolute atomic E-state index is 12.9. The van der Waals surface area contributed by atoms with Crippen LogP contribution in [0.3, 0.4) is 0 Å². The minimum Gasteiger partial charge on any atom is -0.355 e. The van der Waals surface area contributed by atoms with Crippen LogP contribution in [0.2, 0.25) is 0 Å². The van der Waals surface area contributed by atoms with Gasteiger partial charge in [-0.3, -0.25) is 9.78 Å². The van der Waals surface area contributed by atoms with Gasteiger partial charge in [-0.15, -0.1) is 0 Å². The highest BCUT2D eigenvalue weighted by atomic mass is 19.1. The first kappa shape index (κ1) is 17.6. The van der Waals surface area contributed by atoms with Crippen LogP contribution in [-0.2, 0) is 6.54 Å². The summed E-state index contributed by atoms with van der Waals surface area (Å²) in [6.07, 6.45) is 1.60. The van der Waals surface area contributed by atoms with Gasteiger partial charge in [0, 0.05) is 24.1 Å². The summed E-state index contributed by atoms with van der Waals surface area (Å²) in [6, 6.07) is 15.7. The zero-order valence-corrected chi connectivity index (χ0v) is 14.7. The molecule has 26 heavy (non-hydrogen) atoms. The molecule has 0 unspecified atom stereocenters. The Hall–Kier alpha value is -3.21. The van der Waals surface area contributed by atoms with Gasteiger partial charge in [0.05, 0.1) is 0 Å². The molecule has 0 bridgehead atoms. The van der Waals surface area contributed by atoms with E-state index in [1.807, 2.05) is 32.0 Å². The third kappa shape index (κ3) is 4.45. The van der Waals surface area contributed by atoms with Crippen molar-refractivity contribution in [2.24, 2.45) is 0 Å². The van der Waals surface area contributed by atoms with Crippen LogP contribution in [0.15, 0.2) is 60.8 Å². The van der Waals surface area contributed by atoms with E-state index in [4.69, 9.17) is 0 Å². The molecular formula is C21H20FN3O. The molecule has 2 aromatic carbocycles. The van der Waals surface area contributed by atoms with E-state index in [0.717, 1.165) is 22.5 Å². The Morgan fingerprint density at radius 1 is 1.04 bits per heavy atom. The lowest BCUT2D eigenvalue weighted by atomic mass is 10.1. The van der Waals surface area contributed by atoms with Gasteiger partial charge >= 0.3 is 0 Å². The van der Waals surface area contributed by atoms with Crippen LogP contribution in [0.1, 0.15) is 27.2 Å². The number of hydrogen-bond donors (Lipinski definition) is 2. The second-order valence-corrected chi connectivity index (χ2v) is 6.18. The molecule has 0 aliphatic carbocycles. The topological polar surface area (TPSA) is 54.0 Å². The number of nitrogens with zero attached hydrogens (tertiary/aromatic N) is 1. The molecule has 0 aliphatic heterocycles. The minimum absolute atomic E-state index is 0.279. The monoisotopic (exact) mass is 349 g/mol. The first-order valence-corrected chi connectivity index (χ1v) is 8.34. The van der Waals surface area contributed by atoms with Crippen LogP contribution >= 0.6 is 0 Å². The van der Waals surface area contributed by atoms with E-state index in [9.17, 15) is 9.18 Å². The minimum atomic E-state index is -0.299. The lowest BCUT2D eigenvalue weighted by molar-refractivity contribution is 0.0946. The Balaban J connectivity index is 1.68. The maximum Gasteiger partial charge on any atom is 0.270 e. The molecule has 3 aromatic rings. The summed E-state index contributed by atoms with van der Waals surface area (Å²) in [7, 11) is 0. The molecule has 1 amide bonds. The van der Waals surface area contributed by atoms with Crippen molar-refractivity contribution in [2.45, 2.75) is 20.4 Å². The van der Waals surface area contributed by atoms with E-state index < -0.39 is 0 Å². The van der Waals surface area contributed by atoms with Crippen molar-refractivity contribution in [3.8, 4) is 0 Å². The van der Waals surface area contributed by atoms with E-state index in [1.54, 1.807) is 24.4 Å². The van der Waals surface area contributed by atoms with Gasteiger partial charge in [-0.1, -0.05) is 29.8 Å². The molecule has 2 N–H and O–H groups in total. The number of nitrogens with one attached hydrogen (secondary N) is 2. The van der Waals surface area contributed by atoms with Crippen molar-refractivity contribution < 1.29 is 9.18 Å². The van der Waals surface area contributed by atoms with E-state index in [2.05, 4.69) is 21.7 Å². The number of pyridine rings is 1. The number of anilines is 2. The van der Waals surface area contributed by atoms with Crippen molar-refractivity contribution in [3.05, 3.63) is 89.0 Å². The number of carbonyl (C=O) groups is 1. The molecule has 0 aliphatic rings. The molecule has 5 heteroatoms. The number of rotatable bonds is 5. The Morgan fingerprint density at radius 3 is 2.54 bits per heavy atom. The van der Waals surface area contributed by atoms with Crippen LogP contribution in [0.25, 0.3) is 0 Å². The quantitative estimate of drug-likeness (QED) is 0.712.